The molecule has 1 aliphatic rings. The summed E-state index contributed by atoms with van der Waals surface area (Å²) < 4.78 is 1.04. The molecule has 98 valence electrons. The van der Waals surface area contributed by atoms with E-state index in [4.69, 9.17) is 0 Å². The van der Waals surface area contributed by atoms with Crippen LogP contribution in [0.5, 0.6) is 0 Å². The molecule has 0 aliphatic carbocycles. The highest BCUT2D eigenvalue weighted by Crippen LogP contribution is 2.28. The molecule has 0 bridgehead atoms. The van der Waals surface area contributed by atoms with E-state index >= 15 is 0 Å². The fourth-order valence-corrected chi connectivity index (χ4v) is 2.66. The molecule has 0 saturated carbocycles. The molecular formula is C14H19BrN2O. The average Bonchev–Trinajstić information content (AvgIpc) is 2.38. The van der Waals surface area contributed by atoms with Crippen LogP contribution in [0.15, 0.2) is 28.7 Å². The van der Waals surface area contributed by atoms with Crippen molar-refractivity contribution in [2.75, 3.05) is 13.1 Å². The van der Waals surface area contributed by atoms with Crippen molar-refractivity contribution in [3.8, 4) is 0 Å². The molecule has 1 aliphatic heterocycles. The van der Waals surface area contributed by atoms with E-state index in [1.807, 2.05) is 24.3 Å². The quantitative estimate of drug-likeness (QED) is 0.900. The maximum atomic E-state index is 12.3. The lowest BCUT2D eigenvalue weighted by molar-refractivity contribution is -0.131. The summed E-state index contributed by atoms with van der Waals surface area (Å²) in [5.74, 6) is 0.166. The summed E-state index contributed by atoms with van der Waals surface area (Å²) in [6.45, 7) is 4.50. The highest BCUT2D eigenvalue weighted by Gasteiger charge is 2.34. The fourth-order valence-electron chi connectivity index (χ4n) is 2.24. The zero-order valence-electron chi connectivity index (χ0n) is 10.6. The van der Waals surface area contributed by atoms with E-state index in [2.05, 4.69) is 33.5 Å². The van der Waals surface area contributed by atoms with E-state index in [9.17, 15) is 4.79 Å². The Labute approximate surface area is 116 Å². The molecule has 0 unspecified atom stereocenters. The highest BCUT2D eigenvalue weighted by molar-refractivity contribution is 9.10. The maximum absolute atomic E-state index is 12.3. The lowest BCUT2D eigenvalue weighted by atomic mass is 9.80. The van der Waals surface area contributed by atoms with Gasteiger partial charge in [-0.3, -0.25) is 4.79 Å². The second kappa shape index (κ2) is 5.85. The van der Waals surface area contributed by atoms with Crippen molar-refractivity contribution in [2.24, 2.45) is 5.41 Å². The molecule has 1 amide bonds. The summed E-state index contributed by atoms with van der Waals surface area (Å²) in [4.78, 5) is 12.3. The first kappa shape index (κ1) is 13.6. The van der Waals surface area contributed by atoms with Crippen LogP contribution in [0.25, 0.3) is 0 Å². The smallest absolute Gasteiger partial charge is 0.226 e. The van der Waals surface area contributed by atoms with E-state index in [0.717, 1.165) is 36.0 Å². The van der Waals surface area contributed by atoms with E-state index in [1.54, 1.807) is 0 Å². The first-order valence-corrected chi connectivity index (χ1v) is 7.13. The minimum absolute atomic E-state index is 0.166. The van der Waals surface area contributed by atoms with Gasteiger partial charge in [0.25, 0.3) is 0 Å². The minimum atomic E-state index is -0.216. The Kier molecular flexibility index (Phi) is 4.40. The van der Waals surface area contributed by atoms with Gasteiger partial charge in [0.2, 0.25) is 5.91 Å². The monoisotopic (exact) mass is 310 g/mol. The van der Waals surface area contributed by atoms with Crippen molar-refractivity contribution in [3.05, 3.63) is 34.3 Å². The molecule has 1 heterocycles. The van der Waals surface area contributed by atoms with Crippen LogP contribution in [0.4, 0.5) is 0 Å². The van der Waals surface area contributed by atoms with Gasteiger partial charge in [-0.1, -0.05) is 41.1 Å². The maximum Gasteiger partial charge on any atom is 0.226 e. The topological polar surface area (TPSA) is 41.1 Å². The lowest BCUT2D eigenvalue weighted by Gasteiger charge is -2.32. The normalized spacial score (nSPS) is 18.3. The van der Waals surface area contributed by atoms with Gasteiger partial charge in [0.05, 0.1) is 0 Å². The number of rotatable bonds is 3. The molecular weight excluding hydrogens is 292 g/mol. The molecule has 2 N–H and O–H groups in total. The molecule has 1 saturated heterocycles. The fraction of sp³-hybridized carbons (Fsp3) is 0.500. The van der Waals surface area contributed by atoms with E-state index < -0.39 is 0 Å². The van der Waals surface area contributed by atoms with Gasteiger partial charge in [0.1, 0.15) is 0 Å². The Balaban J connectivity index is 1.94. The third kappa shape index (κ3) is 3.12. The SMILES string of the molecule is CC1(C(=O)NCc2ccccc2Br)CCNCC1. The first-order chi connectivity index (χ1) is 8.62. The number of nitrogens with one attached hydrogen (secondary N) is 2. The summed E-state index contributed by atoms with van der Waals surface area (Å²) in [7, 11) is 0. The second-order valence-corrected chi connectivity index (χ2v) is 5.94. The zero-order chi connectivity index (χ0) is 13.0. The predicted octanol–water partition coefficient (Wildman–Crippen LogP) is 2.46. The van der Waals surface area contributed by atoms with Crippen LogP contribution in [-0.4, -0.2) is 19.0 Å². The van der Waals surface area contributed by atoms with Gasteiger partial charge in [0.15, 0.2) is 0 Å². The summed E-state index contributed by atoms with van der Waals surface area (Å²) in [5.41, 5.74) is 0.898. The molecule has 0 spiro atoms. The molecule has 2 rings (SSSR count). The number of amides is 1. The molecule has 3 nitrogen and oxygen atoms in total. The van der Waals surface area contributed by atoms with Crippen molar-refractivity contribution in [1.82, 2.24) is 10.6 Å². The van der Waals surface area contributed by atoms with Crippen molar-refractivity contribution >= 4 is 21.8 Å². The number of carbonyl (C=O) groups excluding carboxylic acids is 1. The van der Waals surface area contributed by atoms with E-state index in [1.165, 1.54) is 0 Å². The van der Waals surface area contributed by atoms with Crippen molar-refractivity contribution in [1.29, 1.82) is 0 Å². The van der Waals surface area contributed by atoms with Gasteiger partial charge in [-0.15, -0.1) is 0 Å². The van der Waals surface area contributed by atoms with Crippen LogP contribution in [0.1, 0.15) is 25.3 Å². The average molecular weight is 311 g/mol. The standard InChI is InChI=1S/C14H19BrN2O/c1-14(6-8-16-9-7-14)13(18)17-10-11-4-2-3-5-12(11)15/h2-5,16H,6-10H2,1H3,(H,17,18). The van der Waals surface area contributed by atoms with Gasteiger partial charge in [-0.25, -0.2) is 0 Å². The third-order valence-corrected chi connectivity index (χ3v) is 4.43. The van der Waals surface area contributed by atoms with Gasteiger partial charge >= 0.3 is 0 Å². The Morgan fingerprint density at radius 3 is 2.72 bits per heavy atom. The van der Waals surface area contributed by atoms with Crippen LogP contribution < -0.4 is 10.6 Å². The number of carbonyl (C=O) groups is 1. The summed E-state index contributed by atoms with van der Waals surface area (Å²) in [6, 6.07) is 7.98. The molecule has 4 heteroatoms. The molecule has 1 aromatic rings. The van der Waals surface area contributed by atoms with Gasteiger partial charge in [-0.2, -0.15) is 0 Å². The Morgan fingerprint density at radius 1 is 1.39 bits per heavy atom. The largest absolute Gasteiger partial charge is 0.352 e. The summed E-state index contributed by atoms with van der Waals surface area (Å²) in [6.07, 6.45) is 1.82. The van der Waals surface area contributed by atoms with Crippen LogP contribution in [0.2, 0.25) is 0 Å². The Bertz CT molecular complexity index is 428. The third-order valence-electron chi connectivity index (χ3n) is 3.65. The molecule has 0 radical (unpaired) electrons. The zero-order valence-corrected chi connectivity index (χ0v) is 12.2. The number of hydrogen-bond acceptors (Lipinski definition) is 2. The molecule has 18 heavy (non-hydrogen) atoms. The minimum Gasteiger partial charge on any atom is -0.352 e. The Morgan fingerprint density at radius 2 is 2.06 bits per heavy atom. The summed E-state index contributed by atoms with van der Waals surface area (Å²) in [5, 5.41) is 6.34. The number of halogens is 1. The van der Waals surface area contributed by atoms with Gasteiger partial charge in [0, 0.05) is 16.4 Å². The number of benzene rings is 1. The predicted molar refractivity (Wildman–Crippen MR) is 76.2 cm³/mol. The Hall–Kier alpha value is -0.870. The molecule has 1 fully saturated rings. The molecule has 1 aromatic carbocycles. The van der Waals surface area contributed by atoms with Crippen LogP contribution in [0, 0.1) is 5.41 Å². The van der Waals surface area contributed by atoms with Crippen LogP contribution >= 0.6 is 15.9 Å². The first-order valence-electron chi connectivity index (χ1n) is 6.34. The number of hydrogen-bond donors (Lipinski definition) is 2. The van der Waals surface area contributed by atoms with Crippen molar-refractivity contribution in [3.63, 3.8) is 0 Å². The van der Waals surface area contributed by atoms with Crippen LogP contribution in [0.3, 0.4) is 0 Å². The van der Waals surface area contributed by atoms with Crippen LogP contribution in [-0.2, 0) is 11.3 Å². The summed E-state index contributed by atoms with van der Waals surface area (Å²) >= 11 is 3.49. The van der Waals surface area contributed by atoms with E-state index in [-0.39, 0.29) is 11.3 Å². The van der Waals surface area contributed by atoms with Gasteiger partial charge < -0.3 is 10.6 Å². The molecule has 0 aromatic heterocycles. The highest BCUT2D eigenvalue weighted by atomic mass is 79.9. The van der Waals surface area contributed by atoms with Crippen molar-refractivity contribution in [2.45, 2.75) is 26.3 Å². The number of piperidine rings is 1. The van der Waals surface area contributed by atoms with Crippen molar-refractivity contribution < 1.29 is 4.79 Å². The van der Waals surface area contributed by atoms with E-state index in [0.29, 0.717) is 6.54 Å². The van der Waals surface area contributed by atoms with Gasteiger partial charge in [-0.05, 0) is 37.6 Å². The second-order valence-electron chi connectivity index (χ2n) is 5.08. The lowest BCUT2D eigenvalue weighted by Crippen LogP contribution is -2.45. The molecule has 0 atom stereocenters.